The summed E-state index contributed by atoms with van der Waals surface area (Å²) < 4.78 is 25.6. The summed E-state index contributed by atoms with van der Waals surface area (Å²) >= 11 is 0. The first kappa shape index (κ1) is 13.0. The highest BCUT2D eigenvalue weighted by atomic mass is 31.2. The molecule has 16 heavy (non-hydrogen) atoms. The van der Waals surface area contributed by atoms with Gasteiger partial charge in [-0.25, -0.2) is 4.57 Å². The van der Waals surface area contributed by atoms with Crippen LogP contribution in [0.5, 0.6) is 5.75 Å². The normalized spacial score (nSPS) is 11.2. The van der Waals surface area contributed by atoms with E-state index in [2.05, 4.69) is 9.05 Å². The zero-order valence-corrected chi connectivity index (χ0v) is 9.59. The molecule has 0 fully saturated rings. The Morgan fingerprint density at radius 3 is 2.12 bits per heavy atom. The van der Waals surface area contributed by atoms with Crippen LogP contribution in [0.25, 0.3) is 0 Å². The van der Waals surface area contributed by atoms with E-state index < -0.39 is 7.82 Å². The van der Waals surface area contributed by atoms with E-state index in [1.807, 2.05) is 0 Å². The third-order valence-electron chi connectivity index (χ3n) is 1.72. The molecule has 0 amide bonds. The van der Waals surface area contributed by atoms with Gasteiger partial charge in [-0.1, -0.05) is 0 Å². The zero-order chi connectivity index (χ0) is 12.2. The molecule has 1 aromatic carbocycles. The Bertz CT molecular complexity index is 371. The second-order valence-electron chi connectivity index (χ2n) is 2.67. The number of phosphoric ester groups is 1. The average Bonchev–Trinajstić information content (AvgIpc) is 2.29. The van der Waals surface area contributed by atoms with Gasteiger partial charge in [-0.05, 0) is 24.3 Å². The standard InChI is InChI=1S/C8H11NO6P/c1-13-16(12,14-2)15-8-5-3-7(4-6-8)9(10)11/h3-6,10H,1-2H3/q-1. The minimum atomic E-state index is -3.60. The highest BCUT2D eigenvalue weighted by Crippen LogP contribution is 2.47. The van der Waals surface area contributed by atoms with Crippen molar-refractivity contribution < 1.29 is 23.3 Å². The van der Waals surface area contributed by atoms with Gasteiger partial charge < -0.3 is 15.0 Å². The molecule has 1 aromatic rings. The second kappa shape index (κ2) is 5.29. The van der Waals surface area contributed by atoms with Crippen LogP contribution in [-0.4, -0.2) is 19.4 Å². The van der Waals surface area contributed by atoms with E-state index in [4.69, 9.17) is 9.73 Å². The van der Waals surface area contributed by atoms with Gasteiger partial charge in [0.25, 0.3) is 0 Å². The van der Waals surface area contributed by atoms with E-state index in [1.54, 1.807) is 0 Å². The molecule has 7 nitrogen and oxygen atoms in total. The van der Waals surface area contributed by atoms with Gasteiger partial charge in [-0.3, -0.25) is 14.3 Å². The van der Waals surface area contributed by atoms with Crippen molar-refractivity contribution in [2.24, 2.45) is 0 Å². The Kier molecular flexibility index (Phi) is 4.28. The molecule has 0 aliphatic carbocycles. The maximum atomic E-state index is 11.6. The van der Waals surface area contributed by atoms with Gasteiger partial charge in [-0.15, -0.1) is 0 Å². The predicted octanol–water partition coefficient (Wildman–Crippen LogP) is 2.16. The van der Waals surface area contributed by atoms with Crippen LogP contribution in [0.2, 0.25) is 0 Å². The summed E-state index contributed by atoms with van der Waals surface area (Å²) in [6, 6.07) is 5.28. The summed E-state index contributed by atoms with van der Waals surface area (Å²) in [4.78, 5) is 0. The predicted molar refractivity (Wildman–Crippen MR) is 56.3 cm³/mol. The molecule has 0 aliphatic rings. The van der Waals surface area contributed by atoms with E-state index >= 15 is 0 Å². The van der Waals surface area contributed by atoms with Crippen LogP contribution in [-0.2, 0) is 13.6 Å². The van der Waals surface area contributed by atoms with Crippen molar-refractivity contribution in [3.63, 3.8) is 0 Å². The lowest BCUT2D eigenvalue weighted by molar-refractivity contribution is 0.211. The molecular weight excluding hydrogens is 237 g/mol. The van der Waals surface area contributed by atoms with E-state index in [0.29, 0.717) is 0 Å². The lowest BCUT2D eigenvalue weighted by Crippen LogP contribution is -2.06. The third kappa shape index (κ3) is 3.19. The molecular formula is C8H11NO6P-. The van der Waals surface area contributed by atoms with Crippen molar-refractivity contribution in [1.29, 1.82) is 0 Å². The van der Waals surface area contributed by atoms with Crippen molar-refractivity contribution in [2.45, 2.75) is 0 Å². The van der Waals surface area contributed by atoms with Crippen molar-refractivity contribution in [2.75, 3.05) is 19.4 Å². The Morgan fingerprint density at radius 1 is 1.25 bits per heavy atom. The van der Waals surface area contributed by atoms with E-state index in [1.165, 1.54) is 38.5 Å². The maximum Gasteiger partial charge on any atom is 0.529 e. The molecule has 0 saturated heterocycles. The van der Waals surface area contributed by atoms with Crippen LogP contribution in [0.15, 0.2) is 24.3 Å². The number of hydrogen-bond acceptors (Lipinski definition) is 7. The van der Waals surface area contributed by atoms with Crippen molar-refractivity contribution in [3.8, 4) is 5.75 Å². The Balaban J connectivity index is 2.79. The van der Waals surface area contributed by atoms with Crippen LogP contribution >= 0.6 is 7.82 Å². The zero-order valence-electron chi connectivity index (χ0n) is 8.69. The van der Waals surface area contributed by atoms with Crippen LogP contribution in [0, 0.1) is 5.21 Å². The van der Waals surface area contributed by atoms with Gasteiger partial charge in [0.1, 0.15) is 5.75 Å². The average molecular weight is 248 g/mol. The van der Waals surface area contributed by atoms with E-state index in [9.17, 15) is 9.77 Å². The molecule has 0 atom stereocenters. The Labute approximate surface area is 92.3 Å². The van der Waals surface area contributed by atoms with Crippen LogP contribution in [0.3, 0.4) is 0 Å². The summed E-state index contributed by atoms with van der Waals surface area (Å²) in [5.74, 6) is 0.192. The number of anilines is 1. The van der Waals surface area contributed by atoms with Gasteiger partial charge in [0.05, 0.1) is 5.69 Å². The Morgan fingerprint density at radius 2 is 1.75 bits per heavy atom. The summed E-state index contributed by atoms with van der Waals surface area (Å²) in [6.45, 7) is 0. The molecule has 90 valence electrons. The molecule has 0 bridgehead atoms. The van der Waals surface area contributed by atoms with Gasteiger partial charge >= 0.3 is 7.82 Å². The van der Waals surface area contributed by atoms with Crippen molar-refractivity contribution in [1.82, 2.24) is 0 Å². The molecule has 8 heteroatoms. The molecule has 0 aliphatic heterocycles. The van der Waals surface area contributed by atoms with Gasteiger partial charge in [-0.2, -0.15) is 0 Å². The molecule has 0 saturated carbocycles. The first-order valence-electron chi connectivity index (χ1n) is 4.18. The highest BCUT2D eigenvalue weighted by Gasteiger charge is 2.24. The highest BCUT2D eigenvalue weighted by molar-refractivity contribution is 7.48. The second-order valence-corrected chi connectivity index (χ2v) is 4.48. The fraction of sp³-hybridized carbons (Fsp3) is 0.250. The Hall–Kier alpha value is -1.11. The largest absolute Gasteiger partial charge is 0.733 e. The minimum absolute atomic E-state index is 0.0250. The lowest BCUT2D eigenvalue weighted by Gasteiger charge is -2.21. The van der Waals surface area contributed by atoms with Crippen LogP contribution in [0.4, 0.5) is 5.69 Å². The summed E-state index contributed by atoms with van der Waals surface area (Å²) in [5, 5.41) is 18.8. The van der Waals surface area contributed by atoms with Gasteiger partial charge in [0.2, 0.25) is 0 Å². The fourth-order valence-electron chi connectivity index (χ4n) is 0.913. The quantitative estimate of drug-likeness (QED) is 0.630. The number of benzene rings is 1. The minimum Gasteiger partial charge on any atom is -0.733 e. The summed E-state index contributed by atoms with van der Waals surface area (Å²) in [6.07, 6.45) is 0. The summed E-state index contributed by atoms with van der Waals surface area (Å²) in [7, 11) is -1.22. The van der Waals surface area contributed by atoms with E-state index in [0.717, 1.165) is 0 Å². The molecule has 0 radical (unpaired) electrons. The van der Waals surface area contributed by atoms with Gasteiger partial charge in [0, 0.05) is 14.2 Å². The maximum absolute atomic E-state index is 11.6. The van der Waals surface area contributed by atoms with Crippen molar-refractivity contribution in [3.05, 3.63) is 29.5 Å². The molecule has 0 unspecified atom stereocenters. The first-order chi connectivity index (χ1) is 7.50. The lowest BCUT2D eigenvalue weighted by atomic mass is 10.3. The third-order valence-corrected chi connectivity index (χ3v) is 3.05. The topological polar surface area (TPSA) is 91.3 Å². The molecule has 1 N–H and O–H groups in total. The summed E-state index contributed by atoms with van der Waals surface area (Å²) in [5.41, 5.74) is 0.0250. The smallest absolute Gasteiger partial charge is 0.529 e. The van der Waals surface area contributed by atoms with Gasteiger partial charge in [0.15, 0.2) is 0 Å². The number of hydrogen-bond donors (Lipinski definition) is 1. The molecule has 1 rings (SSSR count). The van der Waals surface area contributed by atoms with Crippen molar-refractivity contribution >= 4 is 13.5 Å². The SMILES string of the molecule is COP(=O)(OC)Oc1ccc(N([O-])O)cc1. The first-order valence-corrected chi connectivity index (χ1v) is 5.64. The van der Waals surface area contributed by atoms with Crippen LogP contribution < -0.4 is 9.75 Å². The number of rotatable bonds is 5. The molecule has 0 aromatic heterocycles. The van der Waals surface area contributed by atoms with Crippen LogP contribution in [0.1, 0.15) is 0 Å². The molecule has 0 heterocycles. The monoisotopic (exact) mass is 248 g/mol. The number of nitrogens with zero attached hydrogens (tertiary/aromatic N) is 1. The number of phosphoric acid groups is 1. The molecule has 0 spiro atoms. The van der Waals surface area contributed by atoms with E-state index in [-0.39, 0.29) is 16.7 Å². The fourth-order valence-corrected chi connectivity index (χ4v) is 1.59.